The number of fused-ring (bicyclic) bond motifs is 2. The van der Waals surface area contributed by atoms with E-state index in [0.717, 1.165) is 16.2 Å². The molecule has 0 radical (unpaired) electrons. The van der Waals surface area contributed by atoms with Crippen molar-refractivity contribution in [1.29, 1.82) is 0 Å². The molecule has 0 saturated carbocycles. The Balaban J connectivity index is 1.50. The van der Waals surface area contributed by atoms with Crippen LogP contribution in [0, 0.1) is 19.3 Å². The minimum Gasteiger partial charge on any atom is -0.462 e. The molecule has 12 heteroatoms. The molecular formula is C22H31N3O8S. The zero-order chi connectivity index (χ0) is 25.3. The average molecular weight is 498 g/mol. The predicted molar refractivity (Wildman–Crippen MR) is 120 cm³/mol. The number of amides is 3. The van der Waals surface area contributed by atoms with E-state index < -0.39 is 45.8 Å². The van der Waals surface area contributed by atoms with E-state index in [4.69, 9.17) is 18.9 Å². The van der Waals surface area contributed by atoms with Crippen molar-refractivity contribution in [3.05, 3.63) is 34.9 Å². The van der Waals surface area contributed by atoms with Crippen LogP contribution in [0.4, 0.5) is 4.79 Å². The van der Waals surface area contributed by atoms with Crippen LogP contribution in [-0.4, -0.2) is 68.1 Å². The van der Waals surface area contributed by atoms with E-state index in [-0.39, 0.29) is 19.8 Å². The van der Waals surface area contributed by atoms with E-state index in [1.807, 2.05) is 32.0 Å². The summed E-state index contributed by atoms with van der Waals surface area (Å²) in [5.74, 6) is -1.08. The van der Waals surface area contributed by atoms with E-state index in [1.54, 1.807) is 13.8 Å². The Hall–Kier alpha value is -2.70. The number of carbonyl (C=O) groups excluding carboxylic acids is 3. The number of esters is 1. The smallest absolute Gasteiger partial charge is 0.421 e. The van der Waals surface area contributed by atoms with Gasteiger partial charge in [0.2, 0.25) is 5.91 Å². The zero-order valence-electron chi connectivity index (χ0n) is 19.8. The highest BCUT2D eigenvalue weighted by Gasteiger charge is 2.49. The Bertz CT molecular complexity index is 1050. The maximum absolute atomic E-state index is 12.5. The van der Waals surface area contributed by atoms with Gasteiger partial charge in [0.15, 0.2) is 0 Å². The van der Waals surface area contributed by atoms with Crippen LogP contribution in [0.5, 0.6) is 0 Å². The van der Waals surface area contributed by atoms with E-state index >= 15 is 0 Å². The van der Waals surface area contributed by atoms with Crippen LogP contribution in [-0.2, 0) is 28.4 Å². The highest BCUT2D eigenvalue weighted by atomic mass is 32.3. The van der Waals surface area contributed by atoms with E-state index in [0.29, 0.717) is 24.8 Å². The lowest BCUT2D eigenvalue weighted by Gasteiger charge is -2.27. The molecule has 0 aromatic heterocycles. The minimum absolute atomic E-state index is 0.0695. The quantitative estimate of drug-likeness (QED) is 0.482. The number of urea groups is 1. The first kappa shape index (κ1) is 25.9. The number of benzene rings is 1. The molecule has 2 fully saturated rings. The third kappa shape index (κ3) is 5.86. The number of hydrogen-bond donors (Lipinski definition) is 1. The van der Waals surface area contributed by atoms with Crippen molar-refractivity contribution in [3.63, 3.8) is 0 Å². The number of hydroxylamine groups is 2. The Labute approximate surface area is 199 Å². The van der Waals surface area contributed by atoms with Gasteiger partial charge in [0.05, 0.1) is 24.8 Å². The van der Waals surface area contributed by atoms with Crippen molar-refractivity contribution >= 4 is 28.3 Å². The Kier molecular flexibility index (Phi) is 7.53. The van der Waals surface area contributed by atoms with Gasteiger partial charge in [-0.25, -0.2) is 13.8 Å². The molecule has 3 amide bonds. The molecule has 2 bridgehead atoms. The largest absolute Gasteiger partial charge is 0.462 e. The van der Waals surface area contributed by atoms with Crippen LogP contribution in [0.1, 0.15) is 54.6 Å². The molecule has 188 valence electrons. The van der Waals surface area contributed by atoms with Gasteiger partial charge >= 0.3 is 22.4 Å². The lowest BCUT2D eigenvalue weighted by Crippen LogP contribution is -2.47. The monoisotopic (exact) mass is 497 g/mol. The highest BCUT2D eigenvalue weighted by Crippen LogP contribution is 2.31. The fraction of sp³-hybridized carbons (Fsp3) is 0.591. The second-order valence-corrected chi connectivity index (χ2v) is 10.7. The first-order chi connectivity index (χ1) is 15.8. The normalized spacial score (nSPS) is 20.5. The maximum atomic E-state index is 12.5. The zero-order valence-corrected chi connectivity index (χ0v) is 20.6. The van der Waals surface area contributed by atoms with Gasteiger partial charge in [-0.15, -0.1) is 4.28 Å². The van der Waals surface area contributed by atoms with Gasteiger partial charge in [-0.3, -0.25) is 4.79 Å². The van der Waals surface area contributed by atoms with Gasteiger partial charge in [0, 0.05) is 6.54 Å². The molecule has 34 heavy (non-hydrogen) atoms. The van der Waals surface area contributed by atoms with Gasteiger partial charge < -0.3 is 15.4 Å². The topological polar surface area (TPSA) is 146 Å². The van der Waals surface area contributed by atoms with Crippen molar-refractivity contribution in [3.8, 4) is 0 Å². The summed E-state index contributed by atoms with van der Waals surface area (Å²) in [6.45, 7) is 7.14. The lowest BCUT2D eigenvalue weighted by atomic mass is 9.91. The molecule has 2 aliphatic rings. The van der Waals surface area contributed by atoms with Crippen LogP contribution >= 0.6 is 0 Å². The molecule has 1 aromatic carbocycles. The van der Waals surface area contributed by atoms with Crippen molar-refractivity contribution < 1.29 is 36.0 Å². The number of piperidine rings is 1. The van der Waals surface area contributed by atoms with E-state index in [1.165, 1.54) is 4.90 Å². The highest BCUT2D eigenvalue weighted by molar-refractivity contribution is 7.81. The molecule has 2 saturated heterocycles. The second kappa shape index (κ2) is 9.88. The van der Waals surface area contributed by atoms with Crippen LogP contribution in [0.2, 0.25) is 0 Å². The number of hydrogen-bond acceptors (Lipinski definition) is 8. The molecule has 0 aliphatic carbocycles. The molecule has 3 rings (SSSR count). The summed E-state index contributed by atoms with van der Waals surface area (Å²) in [4.78, 5) is 37.7. The van der Waals surface area contributed by atoms with Crippen molar-refractivity contribution in [1.82, 2.24) is 9.96 Å². The van der Waals surface area contributed by atoms with Crippen molar-refractivity contribution in [2.75, 3.05) is 19.8 Å². The first-order valence-corrected chi connectivity index (χ1v) is 12.4. The van der Waals surface area contributed by atoms with E-state index in [2.05, 4.69) is 0 Å². The minimum atomic E-state index is -4.55. The van der Waals surface area contributed by atoms with Gasteiger partial charge in [-0.05, 0) is 49.7 Å². The third-order valence-electron chi connectivity index (χ3n) is 6.11. The van der Waals surface area contributed by atoms with Gasteiger partial charge in [0.1, 0.15) is 6.04 Å². The SMILES string of the molecule is Cc1cccc(C)c1C(=O)OCCC(C)(C)COS(=O)(=O)ON1C(=O)N2CC1CCC2C(N)=O. The first-order valence-electron chi connectivity index (χ1n) is 11.0. The summed E-state index contributed by atoms with van der Waals surface area (Å²) >= 11 is 0. The number of nitrogens with zero attached hydrogens (tertiary/aromatic N) is 2. The molecule has 2 heterocycles. The summed E-state index contributed by atoms with van der Waals surface area (Å²) in [6.07, 6.45) is 1.04. The molecule has 2 unspecified atom stereocenters. The summed E-state index contributed by atoms with van der Waals surface area (Å²) < 4.78 is 40.1. The molecule has 2 aliphatic heterocycles. The van der Waals surface area contributed by atoms with Crippen LogP contribution < -0.4 is 5.73 Å². The Morgan fingerprint density at radius 2 is 1.82 bits per heavy atom. The maximum Gasteiger partial charge on any atom is 0.421 e. The van der Waals surface area contributed by atoms with Crippen molar-refractivity contribution in [2.45, 2.75) is 59.0 Å². The number of carbonyl (C=O) groups is 3. The molecule has 2 atom stereocenters. The number of nitrogens with two attached hydrogens (primary N) is 1. The summed E-state index contributed by atoms with van der Waals surface area (Å²) in [5.41, 5.74) is 6.79. The molecule has 1 aromatic rings. The summed E-state index contributed by atoms with van der Waals surface area (Å²) in [5, 5.41) is 0.734. The molecule has 0 spiro atoms. The van der Waals surface area contributed by atoms with Gasteiger partial charge in [-0.1, -0.05) is 32.0 Å². The summed E-state index contributed by atoms with van der Waals surface area (Å²) in [7, 11) is -4.55. The number of aryl methyl sites for hydroxylation is 2. The fourth-order valence-electron chi connectivity index (χ4n) is 4.08. The predicted octanol–water partition coefficient (Wildman–Crippen LogP) is 1.82. The van der Waals surface area contributed by atoms with Gasteiger partial charge in [0.25, 0.3) is 0 Å². The number of primary amides is 1. The third-order valence-corrected chi connectivity index (χ3v) is 6.86. The van der Waals surface area contributed by atoms with E-state index in [9.17, 15) is 22.8 Å². The fourth-order valence-corrected chi connectivity index (χ4v) is 4.97. The average Bonchev–Trinajstić information content (AvgIpc) is 2.96. The number of rotatable bonds is 10. The van der Waals surface area contributed by atoms with Crippen LogP contribution in [0.25, 0.3) is 0 Å². The Morgan fingerprint density at radius 3 is 2.44 bits per heavy atom. The molecule has 11 nitrogen and oxygen atoms in total. The number of ether oxygens (including phenoxy) is 1. The standard InChI is InChI=1S/C22H31N3O8S/c1-14-6-5-7-15(2)18(14)20(27)31-11-10-22(3,4)13-32-34(29,30)33-25-16-8-9-17(19(23)26)24(12-16)21(25)28/h5-7,16-17H,8-13H2,1-4H3,(H2,23,26). The second-order valence-electron chi connectivity index (χ2n) is 9.47. The lowest BCUT2D eigenvalue weighted by molar-refractivity contribution is -0.122. The van der Waals surface area contributed by atoms with Gasteiger partial charge in [-0.2, -0.15) is 13.5 Å². The van der Waals surface area contributed by atoms with Crippen LogP contribution in [0.3, 0.4) is 0 Å². The molecular weight excluding hydrogens is 466 g/mol. The Morgan fingerprint density at radius 1 is 1.18 bits per heavy atom. The van der Waals surface area contributed by atoms with Crippen LogP contribution in [0.15, 0.2) is 18.2 Å². The molecule has 2 N–H and O–H groups in total. The summed E-state index contributed by atoms with van der Waals surface area (Å²) in [6, 6.07) is 3.48. The van der Waals surface area contributed by atoms with Crippen molar-refractivity contribution in [2.24, 2.45) is 11.1 Å².